The molecule has 0 saturated carbocycles. The smallest absolute Gasteiger partial charge is 0.322 e. The molecule has 1 aliphatic heterocycles. The third kappa shape index (κ3) is 14.9. The van der Waals surface area contributed by atoms with Crippen LogP contribution in [0.2, 0.25) is 0 Å². The van der Waals surface area contributed by atoms with Crippen LogP contribution < -0.4 is 26.2 Å². The highest BCUT2D eigenvalue weighted by atomic mass is 32.1. The number of amides is 6. The molecule has 3 aromatic carbocycles. The van der Waals surface area contributed by atoms with Crippen LogP contribution in [0.25, 0.3) is 10.4 Å². The summed E-state index contributed by atoms with van der Waals surface area (Å²) in [4.78, 5) is 74.2. The van der Waals surface area contributed by atoms with E-state index in [2.05, 4.69) is 38.2 Å². The zero-order valence-electron chi connectivity index (χ0n) is 39.9. The molecule has 5 aromatic rings. The highest BCUT2D eigenvalue weighted by Gasteiger charge is 2.44. The molecule has 0 radical (unpaired) electrons. The first-order valence-corrected chi connectivity index (χ1v) is 24.3. The number of rotatable bonds is 22. The third-order valence-electron chi connectivity index (χ3n) is 11.8. The van der Waals surface area contributed by atoms with Crippen LogP contribution in [0, 0.1) is 12.3 Å². The molecule has 19 heteroatoms. The summed E-state index contributed by atoms with van der Waals surface area (Å²) in [6, 6.07) is 19.6. The number of hydrogen-bond acceptors (Lipinski definition) is 12. The van der Waals surface area contributed by atoms with Crippen LogP contribution in [0.15, 0.2) is 84.5 Å². The highest BCUT2D eigenvalue weighted by Crippen LogP contribution is 2.29. The number of aromatic nitrogens is 4. The van der Waals surface area contributed by atoms with Gasteiger partial charge in [-0.2, -0.15) is 0 Å². The predicted octanol–water partition coefficient (Wildman–Crippen LogP) is 6.26. The van der Waals surface area contributed by atoms with Crippen LogP contribution >= 0.6 is 11.3 Å². The average molecular weight is 965 g/mol. The van der Waals surface area contributed by atoms with Gasteiger partial charge in [0, 0.05) is 56.5 Å². The minimum absolute atomic E-state index is 0.000142. The molecule has 3 atom stereocenters. The summed E-state index contributed by atoms with van der Waals surface area (Å²) in [6.07, 6.45) is 4.85. The van der Waals surface area contributed by atoms with Gasteiger partial charge in [-0.05, 0) is 91.1 Å². The summed E-state index contributed by atoms with van der Waals surface area (Å²) in [5.74, 6) is -1.02. The number of carbonyl (C=O) groups is 5. The Kier molecular flexibility index (Phi) is 18.4. The third-order valence-corrected chi connectivity index (χ3v) is 12.8. The molecule has 368 valence electrons. The minimum Gasteiger partial charge on any atom is -0.492 e. The predicted molar refractivity (Wildman–Crippen MR) is 261 cm³/mol. The topological polar surface area (TPSA) is 233 Å². The number of aliphatic hydroxyl groups is 1. The molecule has 1 fully saturated rings. The van der Waals surface area contributed by atoms with E-state index in [4.69, 9.17) is 9.94 Å². The second kappa shape index (κ2) is 24.5. The second-order valence-electron chi connectivity index (χ2n) is 18.3. The SMILES string of the molecule is CCCCN(Cc1ccc(C(=O)NO)cc1)C(=O)Nc1ccc(OCCn2cc(CCCCC(=O)NC(C(=O)N3CC(O)CC3C(=O)NCc3ccc(-c4scnc4C)cc3)C(C)(C)C)nn2)cc1. The van der Waals surface area contributed by atoms with Gasteiger partial charge in [-0.25, -0.2) is 19.9 Å². The van der Waals surface area contributed by atoms with E-state index < -0.39 is 35.4 Å². The van der Waals surface area contributed by atoms with Crippen LogP contribution in [0.5, 0.6) is 5.75 Å². The van der Waals surface area contributed by atoms with Crippen LogP contribution in [0.4, 0.5) is 10.5 Å². The number of unbranched alkanes of at least 4 members (excludes halogenated alkanes) is 2. The number of β-amino-alcohol motifs (C(OH)–C–C–N with tert-alkyl or cyclic N) is 1. The van der Waals surface area contributed by atoms with Crippen LogP contribution in [0.1, 0.15) is 99.1 Å². The molecule has 2 aromatic heterocycles. The summed E-state index contributed by atoms with van der Waals surface area (Å²) in [5, 5.41) is 36.8. The molecule has 6 amide bonds. The maximum atomic E-state index is 14.0. The molecule has 0 spiro atoms. The van der Waals surface area contributed by atoms with E-state index in [-0.39, 0.29) is 43.8 Å². The van der Waals surface area contributed by atoms with Crippen molar-refractivity contribution >= 4 is 46.7 Å². The number of hydrogen-bond donors (Lipinski definition) is 6. The molecule has 6 rings (SSSR count). The van der Waals surface area contributed by atoms with Crippen molar-refractivity contribution in [3.8, 4) is 16.2 Å². The van der Waals surface area contributed by atoms with Crippen molar-refractivity contribution in [2.75, 3.05) is 25.0 Å². The Balaban J connectivity index is 0.901. The summed E-state index contributed by atoms with van der Waals surface area (Å²) < 4.78 is 7.62. The number of urea groups is 1. The van der Waals surface area contributed by atoms with Gasteiger partial charge >= 0.3 is 6.03 Å². The number of likely N-dealkylation sites (tertiary alicyclic amines) is 1. The van der Waals surface area contributed by atoms with Crippen molar-refractivity contribution in [3.05, 3.63) is 113 Å². The lowest BCUT2D eigenvalue weighted by Crippen LogP contribution is -2.57. The molecule has 6 N–H and O–H groups in total. The van der Waals surface area contributed by atoms with Crippen molar-refractivity contribution in [1.29, 1.82) is 0 Å². The number of carbonyl (C=O) groups excluding carboxylic acids is 5. The molecule has 1 saturated heterocycles. The van der Waals surface area contributed by atoms with E-state index in [0.29, 0.717) is 62.5 Å². The minimum atomic E-state index is -0.908. The maximum absolute atomic E-state index is 14.0. The van der Waals surface area contributed by atoms with Gasteiger partial charge in [0.2, 0.25) is 17.7 Å². The van der Waals surface area contributed by atoms with E-state index in [9.17, 15) is 29.1 Å². The van der Waals surface area contributed by atoms with E-state index in [0.717, 1.165) is 45.8 Å². The highest BCUT2D eigenvalue weighted by molar-refractivity contribution is 7.13. The lowest BCUT2D eigenvalue weighted by atomic mass is 9.85. The molecular weight excluding hydrogens is 901 g/mol. The quantitative estimate of drug-likeness (QED) is 0.0257. The van der Waals surface area contributed by atoms with Crippen molar-refractivity contribution in [3.63, 3.8) is 0 Å². The van der Waals surface area contributed by atoms with Crippen molar-refractivity contribution in [2.45, 2.75) is 117 Å². The number of nitrogens with one attached hydrogen (secondary N) is 4. The van der Waals surface area contributed by atoms with Crippen LogP contribution in [0.3, 0.4) is 0 Å². The second-order valence-corrected chi connectivity index (χ2v) is 19.2. The largest absolute Gasteiger partial charge is 0.492 e. The van der Waals surface area contributed by atoms with Gasteiger partial charge in [0.25, 0.3) is 5.91 Å². The number of nitrogens with zero attached hydrogens (tertiary/aromatic N) is 6. The van der Waals surface area contributed by atoms with Gasteiger partial charge < -0.3 is 35.6 Å². The Labute approximate surface area is 406 Å². The number of benzene rings is 3. The monoisotopic (exact) mass is 964 g/mol. The standard InChI is InChI=1S/C50H64N10O8S/c1-6-7-24-58(29-35-14-18-37(19-15-35)46(63)56-67)49(66)53-38-20-22-41(23-21-38)68-26-25-59-30-39(55-57-59)10-8-9-11-43(62)54-45(50(3,4)5)48(65)60-31-40(61)27-42(60)47(64)51-28-34-12-16-36(17-13-34)44-33(2)52-32-69-44/h12-23,30,32,40,42,45,61,67H,6-11,24-29,31H2,1-5H3,(H,51,64)(H,53,66)(H,54,62)(H,56,63). The fraction of sp³-hybridized carbons (Fsp3) is 0.440. The van der Waals surface area contributed by atoms with Crippen molar-refractivity contribution in [2.24, 2.45) is 5.41 Å². The average Bonchev–Trinajstić information content (AvgIpc) is 4.10. The van der Waals surface area contributed by atoms with Crippen LogP contribution in [-0.4, -0.2) is 108 Å². The van der Waals surface area contributed by atoms with Gasteiger partial charge in [0.1, 0.15) is 24.4 Å². The summed E-state index contributed by atoms with van der Waals surface area (Å²) in [6.45, 7) is 11.6. The van der Waals surface area contributed by atoms with E-state index in [1.165, 1.54) is 4.90 Å². The molecule has 1 aliphatic rings. The Bertz CT molecular complexity index is 2490. The molecule has 18 nitrogen and oxygen atoms in total. The number of hydroxylamine groups is 1. The fourth-order valence-corrected chi connectivity index (χ4v) is 8.72. The number of anilines is 1. The Morgan fingerprint density at radius 2 is 1.68 bits per heavy atom. The van der Waals surface area contributed by atoms with Crippen molar-refractivity contribution in [1.82, 2.24) is 45.9 Å². The Hall–Kier alpha value is -6.70. The number of aryl methyl sites for hydroxylation is 2. The summed E-state index contributed by atoms with van der Waals surface area (Å²) in [7, 11) is 0. The van der Waals surface area contributed by atoms with E-state index in [1.54, 1.807) is 74.9 Å². The van der Waals surface area contributed by atoms with E-state index >= 15 is 0 Å². The molecule has 3 heterocycles. The molecule has 3 unspecified atom stereocenters. The van der Waals surface area contributed by atoms with Gasteiger partial charge in [-0.15, -0.1) is 16.4 Å². The van der Waals surface area contributed by atoms with Crippen LogP contribution in [-0.2, 0) is 40.4 Å². The van der Waals surface area contributed by atoms with Gasteiger partial charge in [-0.3, -0.25) is 24.4 Å². The molecule has 69 heavy (non-hydrogen) atoms. The zero-order chi connectivity index (χ0) is 49.5. The van der Waals surface area contributed by atoms with Gasteiger partial charge in [0.05, 0.1) is 34.4 Å². The van der Waals surface area contributed by atoms with Crippen molar-refractivity contribution < 1.29 is 39.0 Å². The van der Waals surface area contributed by atoms with E-state index in [1.807, 2.05) is 63.7 Å². The number of thiazole rings is 1. The lowest BCUT2D eigenvalue weighted by molar-refractivity contribution is -0.144. The molecular formula is C50H64N10O8S. The lowest BCUT2D eigenvalue weighted by Gasteiger charge is -2.35. The number of aliphatic hydroxyl groups excluding tert-OH is 1. The zero-order valence-corrected chi connectivity index (χ0v) is 40.8. The first-order chi connectivity index (χ1) is 33.1. The first-order valence-electron chi connectivity index (χ1n) is 23.4. The maximum Gasteiger partial charge on any atom is 0.322 e. The van der Waals surface area contributed by atoms with Gasteiger partial charge in [-0.1, -0.05) is 75.7 Å². The molecule has 0 aliphatic carbocycles. The fourth-order valence-electron chi connectivity index (χ4n) is 7.91. The summed E-state index contributed by atoms with van der Waals surface area (Å²) >= 11 is 1.57. The summed E-state index contributed by atoms with van der Waals surface area (Å²) in [5.41, 5.74) is 8.22. The number of ether oxygens (including phenoxy) is 1. The normalized spacial score (nSPS) is 15.0. The van der Waals surface area contributed by atoms with Gasteiger partial charge in [0.15, 0.2) is 0 Å². The first kappa shape index (κ1) is 51.7. The Morgan fingerprint density at radius 1 is 0.957 bits per heavy atom. The molecule has 0 bridgehead atoms. The Morgan fingerprint density at radius 3 is 2.35 bits per heavy atom.